The van der Waals surface area contributed by atoms with Gasteiger partial charge in [0.05, 0.1) is 0 Å². The monoisotopic (exact) mass is 141 g/mol. The quantitative estimate of drug-likeness (QED) is 0.427. The van der Waals surface area contributed by atoms with Gasteiger partial charge in [0.2, 0.25) is 0 Å². The van der Waals surface area contributed by atoms with Gasteiger partial charge in [0.15, 0.2) is 0 Å². The Bertz CT molecular complexity index is 104. The van der Waals surface area contributed by atoms with Crippen LogP contribution in [-0.4, -0.2) is 6.61 Å². The van der Waals surface area contributed by atoms with Gasteiger partial charge < -0.3 is 0 Å². The summed E-state index contributed by atoms with van der Waals surface area (Å²) in [4.78, 5) is 0. The van der Waals surface area contributed by atoms with Crippen LogP contribution in [0.25, 0.3) is 0 Å². The fourth-order valence-electron chi connectivity index (χ4n) is 0.172. The largest absolute Gasteiger partial charge is 0.564 e. The Morgan fingerprint density at radius 1 is 1.75 bits per heavy atom. The van der Waals surface area contributed by atoms with Crippen LogP contribution < -0.4 is 5.90 Å². The highest BCUT2D eigenvalue weighted by Crippen LogP contribution is 1.99. The lowest BCUT2D eigenvalue weighted by atomic mass is 10.9. The molecule has 0 heterocycles. The zero-order valence-electron chi connectivity index (χ0n) is 4.33. The van der Waals surface area contributed by atoms with Crippen molar-refractivity contribution < 1.29 is 17.2 Å². The minimum Gasteiger partial charge on any atom is -0.158 e. The van der Waals surface area contributed by atoms with Crippen LogP contribution in [0.1, 0.15) is 6.92 Å². The van der Waals surface area contributed by atoms with Crippen molar-refractivity contribution in [1.29, 1.82) is 0 Å². The van der Waals surface area contributed by atoms with Gasteiger partial charge in [-0.05, 0) is 11.2 Å². The summed E-state index contributed by atoms with van der Waals surface area (Å²) in [6.45, 7) is 1.54. The van der Waals surface area contributed by atoms with E-state index in [1.54, 1.807) is 0 Å². The van der Waals surface area contributed by atoms with Crippen LogP contribution >= 0.6 is 0 Å². The van der Waals surface area contributed by atoms with Crippen LogP contribution in [0, 0.1) is 0 Å². The van der Waals surface area contributed by atoms with E-state index in [9.17, 15) is 8.76 Å². The Labute approximate surface area is 48.4 Å². The van der Waals surface area contributed by atoms with Gasteiger partial charge in [0, 0.05) is 4.21 Å². The lowest BCUT2D eigenvalue weighted by Crippen LogP contribution is -2.19. The fourth-order valence-corrected chi connectivity index (χ4v) is 0.516. The third-order valence-electron chi connectivity index (χ3n) is 0.380. The molecule has 49 valence electrons. The Hall–Kier alpha value is -0.0100. The van der Waals surface area contributed by atoms with Crippen molar-refractivity contribution in [2.24, 2.45) is 5.90 Å². The molecular weight excluding hydrogens is 134 g/mol. The van der Waals surface area contributed by atoms with Crippen LogP contribution in [0.15, 0.2) is 0 Å². The van der Waals surface area contributed by atoms with Crippen LogP contribution in [0.5, 0.6) is 0 Å². The third-order valence-corrected chi connectivity index (χ3v) is 1.14. The minimum atomic E-state index is -3.89. The van der Waals surface area contributed by atoms with E-state index in [2.05, 4.69) is 14.4 Å². The molecule has 0 rings (SSSR count). The summed E-state index contributed by atoms with van der Waals surface area (Å²) >= 11 is 0. The SMILES string of the molecule is CCO[S+]([O])(=O)ON. The van der Waals surface area contributed by atoms with Gasteiger partial charge in [0.25, 0.3) is 0 Å². The summed E-state index contributed by atoms with van der Waals surface area (Å²) in [5.41, 5.74) is 0. The van der Waals surface area contributed by atoms with Gasteiger partial charge in [-0.3, -0.25) is 0 Å². The average molecular weight is 141 g/mol. The second kappa shape index (κ2) is 3.10. The summed E-state index contributed by atoms with van der Waals surface area (Å²) in [5, 5.41) is 0. The third kappa shape index (κ3) is 3.05. The summed E-state index contributed by atoms with van der Waals surface area (Å²) in [7, 11) is -3.89. The van der Waals surface area contributed by atoms with Crippen LogP contribution in [0.2, 0.25) is 0 Å². The molecule has 0 saturated carbocycles. The summed E-state index contributed by atoms with van der Waals surface area (Å²) < 4.78 is 27.5. The average Bonchev–Trinajstić information content (AvgIpc) is 1.67. The molecular formula is C2H7NO4S+. The molecule has 0 spiro atoms. The van der Waals surface area contributed by atoms with Crippen molar-refractivity contribution in [3.8, 4) is 0 Å². The van der Waals surface area contributed by atoms with Crippen molar-refractivity contribution in [1.82, 2.24) is 0 Å². The highest BCUT2D eigenvalue weighted by Gasteiger charge is 2.31. The zero-order chi connectivity index (χ0) is 6.62. The molecule has 8 heavy (non-hydrogen) atoms. The van der Waals surface area contributed by atoms with Gasteiger partial charge in [-0.25, -0.2) is 0 Å². The number of nitrogens with two attached hydrogens (primary N) is 1. The molecule has 1 atom stereocenters. The Kier molecular flexibility index (Phi) is 3.10. The van der Waals surface area contributed by atoms with Gasteiger partial charge in [-0.15, -0.1) is 4.18 Å². The van der Waals surface area contributed by atoms with E-state index in [1.807, 2.05) is 0 Å². The van der Waals surface area contributed by atoms with Gasteiger partial charge in [-0.1, -0.05) is 0 Å². The molecule has 0 aromatic rings. The molecule has 0 aliphatic rings. The van der Waals surface area contributed by atoms with E-state index in [4.69, 9.17) is 0 Å². The van der Waals surface area contributed by atoms with Gasteiger partial charge >= 0.3 is 10.8 Å². The Morgan fingerprint density at radius 3 is 2.38 bits per heavy atom. The predicted octanol–water partition coefficient (Wildman–Crippen LogP) is -0.412. The van der Waals surface area contributed by atoms with E-state index in [-0.39, 0.29) is 6.61 Å². The molecule has 0 bridgehead atoms. The summed E-state index contributed by atoms with van der Waals surface area (Å²) in [5.74, 6) is 4.28. The number of rotatable bonds is 3. The summed E-state index contributed by atoms with van der Waals surface area (Å²) in [6.07, 6.45) is 0. The van der Waals surface area contributed by atoms with E-state index >= 15 is 0 Å². The molecule has 1 unspecified atom stereocenters. The molecule has 2 N–H and O–H groups in total. The fraction of sp³-hybridized carbons (Fsp3) is 1.00. The molecule has 0 aliphatic heterocycles. The maximum absolute atomic E-state index is 10.0. The van der Waals surface area contributed by atoms with Gasteiger partial charge in [0.1, 0.15) is 11.2 Å². The van der Waals surface area contributed by atoms with E-state index < -0.39 is 10.8 Å². The van der Waals surface area contributed by atoms with E-state index in [1.165, 1.54) is 6.92 Å². The van der Waals surface area contributed by atoms with Crippen LogP contribution in [0.3, 0.4) is 0 Å². The predicted molar refractivity (Wildman–Crippen MR) is 25.6 cm³/mol. The van der Waals surface area contributed by atoms with Crippen LogP contribution in [0.4, 0.5) is 0 Å². The standard InChI is InChI=1S/C2H7NO4S/c1-2-6-8(4,5)7-3/h2-3H2,1H3/q+1. The molecule has 6 heteroatoms. The van der Waals surface area contributed by atoms with Crippen molar-refractivity contribution >= 4 is 10.8 Å². The molecule has 0 fully saturated rings. The molecule has 0 aliphatic carbocycles. The van der Waals surface area contributed by atoms with E-state index in [0.29, 0.717) is 0 Å². The highest BCUT2D eigenvalue weighted by molar-refractivity contribution is 7.88. The van der Waals surface area contributed by atoms with Crippen molar-refractivity contribution in [2.45, 2.75) is 6.92 Å². The smallest absolute Gasteiger partial charge is 0.158 e. The first-order valence-electron chi connectivity index (χ1n) is 1.90. The second-order valence-electron chi connectivity index (χ2n) is 0.911. The maximum Gasteiger partial charge on any atom is 0.564 e. The maximum atomic E-state index is 10.0. The molecule has 0 saturated heterocycles. The Morgan fingerprint density at radius 2 is 2.25 bits per heavy atom. The molecule has 1 radical (unpaired) electrons. The van der Waals surface area contributed by atoms with Gasteiger partial charge in [-0.2, -0.15) is 5.90 Å². The lowest BCUT2D eigenvalue weighted by Gasteiger charge is -1.89. The Balaban J connectivity index is 3.55. The van der Waals surface area contributed by atoms with Crippen molar-refractivity contribution in [3.05, 3.63) is 0 Å². The zero-order valence-corrected chi connectivity index (χ0v) is 5.14. The second-order valence-corrected chi connectivity index (χ2v) is 2.16. The topological polar surface area (TPSA) is 81.5 Å². The number of hydrogen-bond acceptors (Lipinski definition) is 4. The first kappa shape index (κ1) is 7.99. The molecule has 0 aromatic heterocycles. The van der Waals surface area contributed by atoms with E-state index in [0.717, 1.165) is 0 Å². The summed E-state index contributed by atoms with van der Waals surface area (Å²) in [6, 6.07) is 0. The molecule has 5 nitrogen and oxygen atoms in total. The first-order chi connectivity index (χ1) is 3.62. The van der Waals surface area contributed by atoms with Crippen molar-refractivity contribution in [2.75, 3.05) is 6.61 Å². The lowest BCUT2D eigenvalue weighted by molar-refractivity contribution is 0.160. The van der Waals surface area contributed by atoms with Crippen LogP contribution in [-0.2, 0) is 28.0 Å². The molecule has 0 aromatic carbocycles. The number of hydrogen-bond donors (Lipinski definition) is 1. The minimum absolute atomic E-state index is 0.0273. The normalized spacial score (nSPS) is 17.9. The first-order valence-corrected chi connectivity index (χ1v) is 3.23. The highest BCUT2D eigenvalue weighted by atomic mass is 32.3. The van der Waals surface area contributed by atoms with Crippen molar-refractivity contribution in [3.63, 3.8) is 0 Å². The molecule has 0 amide bonds.